The van der Waals surface area contributed by atoms with Crippen molar-refractivity contribution in [2.75, 3.05) is 63.8 Å². The molecule has 0 unspecified atom stereocenters. The van der Waals surface area contributed by atoms with Gasteiger partial charge in [-0.25, -0.2) is 13.1 Å². The summed E-state index contributed by atoms with van der Waals surface area (Å²) >= 11 is 0. The number of nitrogens with zero attached hydrogens (tertiary/aromatic N) is 4. The lowest BCUT2D eigenvalue weighted by Gasteiger charge is -2.27. The van der Waals surface area contributed by atoms with E-state index in [-0.39, 0.29) is 10.7 Å². The summed E-state index contributed by atoms with van der Waals surface area (Å²) < 4.78 is 31.0. The van der Waals surface area contributed by atoms with Crippen molar-refractivity contribution < 1.29 is 13.2 Å². The van der Waals surface area contributed by atoms with Gasteiger partial charge < -0.3 is 20.3 Å². The summed E-state index contributed by atoms with van der Waals surface area (Å²) in [5.74, 6) is 0.651. The lowest BCUT2D eigenvalue weighted by Crippen LogP contribution is -2.37. The number of likely N-dealkylation sites (N-methyl/N-ethyl adjacent to an activating group) is 1. The fourth-order valence-electron chi connectivity index (χ4n) is 2.25. The minimum atomic E-state index is -3.44. The van der Waals surface area contributed by atoms with Crippen LogP contribution in [-0.2, 0) is 21.1 Å². The van der Waals surface area contributed by atoms with E-state index in [1.165, 1.54) is 6.26 Å². The van der Waals surface area contributed by atoms with E-state index in [1.807, 2.05) is 23.9 Å². The maximum Gasteiger partial charge on any atom is 0.182 e. The van der Waals surface area contributed by atoms with Gasteiger partial charge in [-0.3, -0.25) is 0 Å². The van der Waals surface area contributed by atoms with Crippen molar-refractivity contribution in [3.05, 3.63) is 0 Å². The average Bonchev–Trinajstić information content (AvgIpc) is 2.74. The highest BCUT2D eigenvalue weighted by Gasteiger charge is 2.28. The first kappa shape index (κ1) is 16.1. The van der Waals surface area contributed by atoms with Gasteiger partial charge in [-0.2, -0.15) is 5.10 Å². The second-order valence-corrected chi connectivity index (χ2v) is 7.39. The van der Waals surface area contributed by atoms with Gasteiger partial charge >= 0.3 is 0 Å². The molecule has 1 aliphatic heterocycles. The lowest BCUT2D eigenvalue weighted by atomic mass is 10.4. The zero-order valence-electron chi connectivity index (χ0n) is 12.7. The fourth-order valence-corrected chi connectivity index (χ4v) is 3.24. The van der Waals surface area contributed by atoms with Crippen molar-refractivity contribution in [3.63, 3.8) is 0 Å². The summed E-state index contributed by atoms with van der Waals surface area (Å²) in [7, 11) is 0.453. The number of ether oxygens (including phenoxy) is 1. The van der Waals surface area contributed by atoms with Crippen molar-refractivity contribution in [3.8, 4) is 0 Å². The van der Waals surface area contributed by atoms with Crippen LogP contribution in [0.25, 0.3) is 0 Å². The molecule has 1 aromatic rings. The van der Waals surface area contributed by atoms with E-state index >= 15 is 0 Å². The third-order valence-corrected chi connectivity index (χ3v) is 4.50. The molecule has 0 radical (unpaired) electrons. The van der Waals surface area contributed by atoms with E-state index in [0.717, 1.165) is 6.54 Å². The quantitative estimate of drug-likeness (QED) is 0.765. The van der Waals surface area contributed by atoms with Gasteiger partial charge in [0.05, 0.1) is 19.8 Å². The van der Waals surface area contributed by atoms with Gasteiger partial charge in [-0.1, -0.05) is 0 Å². The van der Waals surface area contributed by atoms with E-state index in [2.05, 4.69) is 5.10 Å². The Morgan fingerprint density at radius 3 is 2.48 bits per heavy atom. The van der Waals surface area contributed by atoms with Crippen LogP contribution in [0.4, 0.5) is 11.6 Å². The summed E-state index contributed by atoms with van der Waals surface area (Å²) in [6.07, 6.45) is 1.17. The molecular formula is C12H23N5O3S. The highest BCUT2D eigenvalue weighted by molar-refractivity contribution is 7.91. The van der Waals surface area contributed by atoms with E-state index in [4.69, 9.17) is 10.5 Å². The molecular weight excluding hydrogens is 294 g/mol. The monoisotopic (exact) mass is 317 g/mol. The number of sulfone groups is 1. The third-order valence-electron chi connectivity index (χ3n) is 3.37. The maximum atomic E-state index is 12.1. The van der Waals surface area contributed by atoms with Gasteiger partial charge in [0.15, 0.2) is 20.6 Å². The number of aromatic nitrogens is 2. The van der Waals surface area contributed by atoms with Gasteiger partial charge in [-0.15, -0.1) is 0 Å². The molecule has 21 heavy (non-hydrogen) atoms. The van der Waals surface area contributed by atoms with Crippen molar-refractivity contribution >= 4 is 21.5 Å². The highest BCUT2D eigenvalue weighted by atomic mass is 32.2. The highest BCUT2D eigenvalue weighted by Crippen LogP contribution is 2.30. The van der Waals surface area contributed by atoms with Crippen LogP contribution in [0.1, 0.15) is 0 Å². The first-order valence-electron chi connectivity index (χ1n) is 6.84. The Bertz CT molecular complexity index is 590. The second kappa shape index (κ2) is 6.20. The average molecular weight is 317 g/mol. The zero-order valence-corrected chi connectivity index (χ0v) is 13.6. The second-order valence-electron chi connectivity index (χ2n) is 5.44. The number of morpholine rings is 1. The Hall–Kier alpha value is -1.32. The molecule has 0 amide bonds. The predicted octanol–water partition coefficient (Wildman–Crippen LogP) is -0.733. The molecule has 0 aliphatic carbocycles. The number of hydrogen-bond acceptors (Lipinski definition) is 7. The molecule has 1 saturated heterocycles. The predicted molar refractivity (Wildman–Crippen MR) is 81.3 cm³/mol. The minimum Gasteiger partial charge on any atom is -0.383 e. The van der Waals surface area contributed by atoms with E-state index < -0.39 is 9.84 Å². The van der Waals surface area contributed by atoms with Crippen molar-refractivity contribution in [2.24, 2.45) is 0 Å². The van der Waals surface area contributed by atoms with Crippen molar-refractivity contribution in [1.29, 1.82) is 0 Å². The molecule has 2 N–H and O–H groups in total. The third kappa shape index (κ3) is 3.66. The SMILES string of the molecule is CN(C)CCn1nc(N2CCOCC2)c(S(C)(=O)=O)c1N. The van der Waals surface area contributed by atoms with E-state index in [9.17, 15) is 8.42 Å². The Balaban J connectivity index is 2.39. The van der Waals surface area contributed by atoms with Crippen LogP contribution in [0.5, 0.6) is 0 Å². The standard InChI is InChI=1S/C12H23N5O3S/c1-15(2)4-5-17-11(13)10(21(3,18)19)12(14-17)16-6-8-20-9-7-16/h4-9,13H2,1-3H3. The van der Waals surface area contributed by atoms with Gasteiger partial charge in [-0.05, 0) is 14.1 Å². The molecule has 1 aliphatic rings. The molecule has 1 fully saturated rings. The van der Waals surface area contributed by atoms with Crippen LogP contribution in [0.3, 0.4) is 0 Å². The Morgan fingerprint density at radius 1 is 1.33 bits per heavy atom. The number of hydrogen-bond donors (Lipinski definition) is 1. The fraction of sp³-hybridized carbons (Fsp3) is 0.750. The molecule has 8 nitrogen and oxygen atoms in total. The Morgan fingerprint density at radius 2 is 1.95 bits per heavy atom. The largest absolute Gasteiger partial charge is 0.383 e. The first-order valence-corrected chi connectivity index (χ1v) is 8.73. The minimum absolute atomic E-state index is 0.128. The molecule has 0 bridgehead atoms. The Kier molecular flexibility index (Phi) is 4.74. The number of nitrogen functional groups attached to an aromatic ring is 1. The van der Waals surface area contributed by atoms with Crippen LogP contribution in [0.15, 0.2) is 4.90 Å². The normalized spacial score (nSPS) is 16.7. The molecule has 0 atom stereocenters. The van der Waals surface area contributed by atoms with Crippen LogP contribution >= 0.6 is 0 Å². The van der Waals surface area contributed by atoms with Crippen LogP contribution in [-0.4, -0.2) is 76.3 Å². The first-order chi connectivity index (χ1) is 9.80. The molecule has 0 saturated carbocycles. The summed E-state index contributed by atoms with van der Waals surface area (Å²) in [4.78, 5) is 4.04. The van der Waals surface area contributed by atoms with Crippen LogP contribution in [0.2, 0.25) is 0 Å². The lowest BCUT2D eigenvalue weighted by molar-refractivity contribution is 0.122. The smallest absolute Gasteiger partial charge is 0.182 e. The summed E-state index contributed by atoms with van der Waals surface area (Å²) in [5.41, 5.74) is 6.03. The molecule has 120 valence electrons. The van der Waals surface area contributed by atoms with Gasteiger partial charge in [0.25, 0.3) is 0 Å². The summed E-state index contributed by atoms with van der Waals surface area (Å²) in [6.45, 7) is 3.64. The van der Waals surface area contributed by atoms with Gasteiger partial charge in [0, 0.05) is 25.9 Å². The van der Waals surface area contributed by atoms with E-state index in [0.29, 0.717) is 38.7 Å². The van der Waals surface area contributed by atoms with Crippen molar-refractivity contribution in [2.45, 2.75) is 11.4 Å². The van der Waals surface area contributed by atoms with Crippen LogP contribution < -0.4 is 10.6 Å². The van der Waals surface area contributed by atoms with Gasteiger partial charge in [0.2, 0.25) is 0 Å². The molecule has 9 heteroatoms. The van der Waals surface area contributed by atoms with Gasteiger partial charge in [0.1, 0.15) is 5.82 Å². The van der Waals surface area contributed by atoms with Crippen molar-refractivity contribution in [1.82, 2.24) is 14.7 Å². The van der Waals surface area contributed by atoms with E-state index in [1.54, 1.807) is 4.68 Å². The summed E-state index contributed by atoms with van der Waals surface area (Å²) in [6, 6.07) is 0. The molecule has 2 rings (SSSR count). The maximum absolute atomic E-state index is 12.1. The topological polar surface area (TPSA) is 93.7 Å². The molecule has 0 aromatic carbocycles. The Labute approximate surface area is 125 Å². The number of rotatable bonds is 5. The number of anilines is 2. The zero-order chi connectivity index (χ0) is 15.6. The number of nitrogens with two attached hydrogens (primary N) is 1. The van der Waals surface area contributed by atoms with Crippen LogP contribution in [0, 0.1) is 0 Å². The summed E-state index contributed by atoms with van der Waals surface area (Å²) in [5, 5.41) is 4.43. The molecule has 2 heterocycles. The molecule has 1 aromatic heterocycles. The molecule has 0 spiro atoms.